The second kappa shape index (κ2) is 9.84. The molecule has 1 amide bonds. The predicted octanol–water partition coefficient (Wildman–Crippen LogP) is 2.31. The Morgan fingerprint density at radius 3 is 3.07 bits per heavy atom. The summed E-state index contributed by atoms with van der Waals surface area (Å²) in [6, 6.07) is 5.91. The van der Waals surface area contributed by atoms with Gasteiger partial charge in [-0.3, -0.25) is 9.69 Å². The van der Waals surface area contributed by atoms with Crippen LogP contribution in [0.1, 0.15) is 18.9 Å². The molecule has 2 heterocycles. The van der Waals surface area contributed by atoms with Gasteiger partial charge in [0.1, 0.15) is 17.6 Å². The van der Waals surface area contributed by atoms with Gasteiger partial charge in [-0.05, 0) is 13.0 Å². The number of hydrogen-bond donors (Lipinski definition) is 1. The second-order valence-corrected chi connectivity index (χ2v) is 7.97. The van der Waals surface area contributed by atoms with Crippen LogP contribution in [0.2, 0.25) is 0 Å². The highest BCUT2D eigenvalue weighted by Crippen LogP contribution is 2.29. The molecule has 3 rings (SSSR count). The Bertz CT molecular complexity index is 796. The molecule has 0 saturated heterocycles. The number of ether oxygens (including phenoxy) is 2. The summed E-state index contributed by atoms with van der Waals surface area (Å²) >= 11 is 1.64. The zero-order valence-corrected chi connectivity index (χ0v) is 17.5. The minimum Gasteiger partial charge on any atom is -0.497 e. The molecule has 1 atom stereocenters. The lowest BCUT2D eigenvalue weighted by Crippen LogP contribution is -2.35. The minimum atomic E-state index is 0.0607. The molecule has 0 saturated carbocycles. The van der Waals surface area contributed by atoms with Crippen molar-refractivity contribution in [2.45, 2.75) is 31.1 Å². The number of aryl methyl sites for hydroxylation is 1. The van der Waals surface area contributed by atoms with E-state index in [4.69, 9.17) is 9.47 Å². The first kappa shape index (κ1) is 20.5. The van der Waals surface area contributed by atoms with Crippen LogP contribution in [-0.2, 0) is 18.4 Å². The SMILES string of the molecule is COc1ccc2c(c1)O[C@H](C)CN(CCC(=O)NCCSc1nccn1C)C2. The number of nitrogens with one attached hydrogen (secondary N) is 1. The van der Waals surface area contributed by atoms with Crippen molar-refractivity contribution in [1.29, 1.82) is 0 Å². The number of thioether (sulfide) groups is 1. The van der Waals surface area contributed by atoms with Crippen LogP contribution < -0.4 is 14.8 Å². The molecule has 2 aromatic rings. The zero-order chi connectivity index (χ0) is 19.9. The average molecular weight is 405 g/mol. The van der Waals surface area contributed by atoms with Crippen molar-refractivity contribution in [2.24, 2.45) is 7.05 Å². The number of hydrogen-bond acceptors (Lipinski definition) is 6. The first-order valence-corrected chi connectivity index (χ1v) is 10.5. The van der Waals surface area contributed by atoms with Gasteiger partial charge in [-0.15, -0.1) is 0 Å². The molecule has 1 N–H and O–H groups in total. The number of nitrogens with zero attached hydrogens (tertiary/aromatic N) is 3. The Morgan fingerprint density at radius 1 is 1.46 bits per heavy atom. The molecule has 1 aliphatic rings. The highest BCUT2D eigenvalue weighted by molar-refractivity contribution is 7.99. The molecule has 152 valence electrons. The number of aromatic nitrogens is 2. The van der Waals surface area contributed by atoms with E-state index < -0.39 is 0 Å². The molecule has 1 aliphatic heterocycles. The number of rotatable bonds is 8. The van der Waals surface area contributed by atoms with E-state index in [1.165, 1.54) is 0 Å². The Morgan fingerprint density at radius 2 is 2.32 bits per heavy atom. The van der Waals surface area contributed by atoms with E-state index >= 15 is 0 Å². The number of carbonyl (C=O) groups is 1. The standard InChI is InChI=1S/C20H28N4O3S/c1-15-13-24(14-16-4-5-17(26-3)12-18(16)27-15)9-6-19(25)21-8-11-28-20-22-7-10-23(20)2/h4-5,7,10,12,15H,6,8-9,11,13-14H2,1-3H3,(H,21,25)/t15-/m1/s1. The summed E-state index contributed by atoms with van der Waals surface area (Å²) in [4.78, 5) is 18.7. The van der Waals surface area contributed by atoms with Crippen LogP contribution in [0.5, 0.6) is 11.5 Å². The zero-order valence-electron chi connectivity index (χ0n) is 16.7. The summed E-state index contributed by atoms with van der Waals surface area (Å²) in [5.41, 5.74) is 1.12. The Hall–Kier alpha value is -2.19. The summed E-state index contributed by atoms with van der Waals surface area (Å²) < 4.78 is 13.3. The molecular formula is C20H28N4O3S. The quantitative estimate of drug-likeness (QED) is 0.538. The second-order valence-electron chi connectivity index (χ2n) is 6.91. The number of carbonyl (C=O) groups excluding carboxylic acids is 1. The van der Waals surface area contributed by atoms with Gasteiger partial charge in [-0.1, -0.05) is 17.8 Å². The molecule has 0 spiro atoms. The number of imidazole rings is 1. The molecule has 1 aromatic heterocycles. The molecule has 28 heavy (non-hydrogen) atoms. The normalized spacial score (nSPS) is 16.8. The molecule has 0 bridgehead atoms. The van der Waals surface area contributed by atoms with Crippen LogP contribution in [0, 0.1) is 0 Å². The molecule has 0 unspecified atom stereocenters. The van der Waals surface area contributed by atoms with Crippen molar-refractivity contribution in [3.8, 4) is 11.5 Å². The van der Waals surface area contributed by atoms with E-state index in [0.717, 1.165) is 41.1 Å². The summed E-state index contributed by atoms with van der Waals surface area (Å²) in [6.07, 6.45) is 4.23. The largest absolute Gasteiger partial charge is 0.497 e. The Kier molecular flexibility index (Phi) is 7.22. The molecule has 0 radical (unpaired) electrons. The third kappa shape index (κ3) is 5.65. The lowest BCUT2D eigenvalue weighted by atomic mass is 10.1. The molecule has 0 aliphatic carbocycles. The maximum atomic E-state index is 12.2. The van der Waals surface area contributed by atoms with Gasteiger partial charge in [0.2, 0.25) is 5.91 Å². The van der Waals surface area contributed by atoms with Crippen molar-refractivity contribution >= 4 is 17.7 Å². The van der Waals surface area contributed by atoms with E-state index in [9.17, 15) is 4.79 Å². The van der Waals surface area contributed by atoms with Crippen LogP contribution in [0.15, 0.2) is 35.7 Å². The van der Waals surface area contributed by atoms with Crippen LogP contribution in [0.3, 0.4) is 0 Å². The number of amides is 1. The van der Waals surface area contributed by atoms with Crippen molar-refractivity contribution in [3.63, 3.8) is 0 Å². The monoisotopic (exact) mass is 404 g/mol. The molecule has 1 aromatic carbocycles. The van der Waals surface area contributed by atoms with Gasteiger partial charge >= 0.3 is 0 Å². The van der Waals surface area contributed by atoms with Crippen molar-refractivity contribution in [2.75, 3.05) is 32.5 Å². The fourth-order valence-electron chi connectivity index (χ4n) is 3.17. The highest BCUT2D eigenvalue weighted by atomic mass is 32.2. The van der Waals surface area contributed by atoms with Gasteiger partial charge in [-0.25, -0.2) is 4.98 Å². The Balaban J connectivity index is 1.43. The topological polar surface area (TPSA) is 68.6 Å². The molecule has 7 nitrogen and oxygen atoms in total. The number of methoxy groups -OCH3 is 1. The molecule has 0 fully saturated rings. The van der Waals surface area contributed by atoms with E-state index in [1.807, 2.05) is 36.0 Å². The maximum Gasteiger partial charge on any atom is 0.221 e. The summed E-state index contributed by atoms with van der Waals surface area (Å²) in [6.45, 7) is 4.96. The summed E-state index contributed by atoms with van der Waals surface area (Å²) in [5, 5.41) is 3.96. The van der Waals surface area contributed by atoms with Crippen molar-refractivity contribution in [3.05, 3.63) is 36.2 Å². The van der Waals surface area contributed by atoms with E-state index in [2.05, 4.69) is 22.1 Å². The van der Waals surface area contributed by atoms with E-state index in [-0.39, 0.29) is 12.0 Å². The van der Waals surface area contributed by atoms with Gasteiger partial charge in [0.25, 0.3) is 0 Å². The van der Waals surface area contributed by atoms with Gasteiger partial charge < -0.3 is 19.4 Å². The van der Waals surface area contributed by atoms with E-state index in [0.29, 0.717) is 19.5 Å². The fraction of sp³-hybridized carbons (Fsp3) is 0.500. The number of fused-ring (bicyclic) bond motifs is 1. The Labute approximate surface area is 170 Å². The van der Waals surface area contributed by atoms with Gasteiger partial charge in [-0.2, -0.15) is 0 Å². The smallest absolute Gasteiger partial charge is 0.221 e. The highest BCUT2D eigenvalue weighted by Gasteiger charge is 2.21. The third-order valence-corrected chi connectivity index (χ3v) is 5.66. The maximum absolute atomic E-state index is 12.2. The number of benzene rings is 1. The fourth-order valence-corrected chi connectivity index (χ4v) is 3.95. The van der Waals surface area contributed by atoms with Crippen LogP contribution in [-0.4, -0.2) is 59.0 Å². The molecule has 8 heteroatoms. The van der Waals surface area contributed by atoms with Crippen LogP contribution in [0.25, 0.3) is 0 Å². The van der Waals surface area contributed by atoms with Gasteiger partial charge in [0.05, 0.1) is 7.11 Å². The summed E-state index contributed by atoms with van der Waals surface area (Å²) in [5.74, 6) is 2.54. The predicted molar refractivity (Wildman–Crippen MR) is 110 cm³/mol. The van der Waals surface area contributed by atoms with Crippen molar-refractivity contribution < 1.29 is 14.3 Å². The van der Waals surface area contributed by atoms with Crippen molar-refractivity contribution in [1.82, 2.24) is 19.8 Å². The lowest BCUT2D eigenvalue weighted by Gasteiger charge is -2.21. The summed E-state index contributed by atoms with van der Waals surface area (Å²) in [7, 11) is 3.62. The minimum absolute atomic E-state index is 0.0607. The van der Waals surface area contributed by atoms with Crippen LogP contribution >= 0.6 is 11.8 Å². The van der Waals surface area contributed by atoms with E-state index in [1.54, 1.807) is 25.1 Å². The first-order chi connectivity index (χ1) is 13.5. The van der Waals surface area contributed by atoms with Gasteiger partial charge in [0, 0.05) is 69.4 Å². The molecular weight excluding hydrogens is 376 g/mol. The van der Waals surface area contributed by atoms with Gasteiger partial charge in [0.15, 0.2) is 5.16 Å². The third-order valence-electron chi connectivity index (χ3n) is 4.60. The lowest BCUT2D eigenvalue weighted by molar-refractivity contribution is -0.121. The average Bonchev–Trinajstić information content (AvgIpc) is 3.01. The van der Waals surface area contributed by atoms with Crippen LogP contribution in [0.4, 0.5) is 0 Å². The first-order valence-electron chi connectivity index (χ1n) is 9.48.